The lowest BCUT2D eigenvalue weighted by Gasteiger charge is -2.15. The van der Waals surface area contributed by atoms with Gasteiger partial charge in [-0.1, -0.05) is 19.8 Å². The Kier molecular flexibility index (Phi) is 3.82. The molecule has 82 valence electrons. The lowest BCUT2D eigenvalue weighted by Crippen LogP contribution is -2.32. The van der Waals surface area contributed by atoms with Crippen molar-refractivity contribution in [1.82, 2.24) is 10.6 Å². The van der Waals surface area contributed by atoms with Gasteiger partial charge in [0.2, 0.25) is 0 Å². The summed E-state index contributed by atoms with van der Waals surface area (Å²) in [5.74, 6) is 1.91. The summed E-state index contributed by atoms with van der Waals surface area (Å²) in [5, 5.41) is 7.11. The first-order valence-electron chi connectivity index (χ1n) is 6.30. The number of nitrogens with one attached hydrogen (secondary N) is 2. The smallest absolute Gasteiger partial charge is 0.00793 e. The van der Waals surface area contributed by atoms with Crippen molar-refractivity contribution in [1.29, 1.82) is 0 Å². The van der Waals surface area contributed by atoms with Crippen LogP contribution in [0.4, 0.5) is 0 Å². The summed E-state index contributed by atoms with van der Waals surface area (Å²) < 4.78 is 0. The summed E-state index contributed by atoms with van der Waals surface area (Å²) in [5.41, 5.74) is 0. The van der Waals surface area contributed by atoms with E-state index < -0.39 is 0 Å². The van der Waals surface area contributed by atoms with Crippen molar-refractivity contribution in [3.05, 3.63) is 0 Å². The Balaban J connectivity index is 1.45. The van der Waals surface area contributed by atoms with Crippen molar-refractivity contribution in [2.24, 2.45) is 11.8 Å². The second-order valence-electron chi connectivity index (χ2n) is 5.10. The zero-order chi connectivity index (χ0) is 9.80. The molecule has 2 fully saturated rings. The van der Waals surface area contributed by atoms with Crippen molar-refractivity contribution < 1.29 is 0 Å². The summed E-state index contributed by atoms with van der Waals surface area (Å²) in [7, 11) is 0. The fourth-order valence-corrected chi connectivity index (χ4v) is 2.47. The predicted molar refractivity (Wildman–Crippen MR) is 60.4 cm³/mol. The molecule has 0 heterocycles. The summed E-state index contributed by atoms with van der Waals surface area (Å²) in [6.45, 7) is 5.96. The van der Waals surface area contributed by atoms with E-state index in [2.05, 4.69) is 17.6 Å². The number of hydrogen-bond donors (Lipinski definition) is 2. The molecular formula is C12H24N2. The van der Waals surface area contributed by atoms with E-state index >= 15 is 0 Å². The summed E-state index contributed by atoms with van der Waals surface area (Å²) in [6, 6.07) is 0.863. The highest BCUT2D eigenvalue weighted by molar-refractivity contribution is 4.81. The minimum atomic E-state index is 0.863. The van der Waals surface area contributed by atoms with E-state index in [9.17, 15) is 0 Å². The van der Waals surface area contributed by atoms with Gasteiger partial charge in [0.05, 0.1) is 0 Å². The fourth-order valence-electron chi connectivity index (χ4n) is 2.47. The SMILES string of the molecule is CC1CCCC1CNCCNC1CC1. The Morgan fingerprint density at radius 1 is 1.07 bits per heavy atom. The van der Waals surface area contributed by atoms with Crippen molar-refractivity contribution in [2.45, 2.75) is 45.1 Å². The van der Waals surface area contributed by atoms with Gasteiger partial charge in [-0.15, -0.1) is 0 Å². The van der Waals surface area contributed by atoms with Crippen LogP contribution in [0.1, 0.15) is 39.0 Å². The topological polar surface area (TPSA) is 24.1 Å². The molecule has 0 saturated heterocycles. The lowest BCUT2D eigenvalue weighted by atomic mass is 9.98. The second kappa shape index (κ2) is 5.13. The van der Waals surface area contributed by atoms with Gasteiger partial charge >= 0.3 is 0 Å². The van der Waals surface area contributed by atoms with Crippen molar-refractivity contribution in [3.63, 3.8) is 0 Å². The molecule has 0 amide bonds. The predicted octanol–water partition coefficient (Wildman–Crippen LogP) is 1.76. The molecule has 2 rings (SSSR count). The largest absolute Gasteiger partial charge is 0.315 e. The van der Waals surface area contributed by atoms with Gasteiger partial charge in [-0.2, -0.15) is 0 Å². The molecule has 2 aliphatic rings. The van der Waals surface area contributed by atoms with E-state index in [-0.39, 0.29) is 0 Å². The van der Waals surface area contributed by atoms with Gasteiger partial charge in [0.25, 0.3) is 0 Å². The van der Waals surface area contributed by atoms with E-state index in [0.29, 0.717) is 0 Å². The standard InChI is InChI=1S/C12H24N2/c1-10-3-2-4-11(10)9-13-7-8-14-12-5-6-12/h10-14H,2-9H2,1H3. The van der Waals surface area contributed by atoms with Crippen LogP contribution in [0.15, 0.2) is 0 Å². The quantitative estimate of drug-likeness (QED) is 0.633. The maximum atomic E-state index is 3.58. The molecule has 0 bridgehead atoms. The van der Waals surface area contributed by atoms with E-state index in [4.69, 9.17) is 0 Å². The molecule has 2 N–H and O–H groups in total. The molecule has 0 aromatic carbocycles. The summed E-state index contributed by atoms with van der Waals surface area (Å²) >= 11 is 0. The van der Waals surface area contributed by atoms with E-state index in [1.807, 2.05) is 0 Å². The number of rotatable bonds is 6. The van der Waals surface area contributed by atoms with Crippen LogP contribution >= 0.6 is 0 Å². The Labute approximate surface area is 87.8 Å². The molecule has 0 radical (unpaired) electrons. The van der Waals surface area contributed by atoms with Crippen LogP contribution in [0.2, 0.25) is 0 Å². The highest BCUT2D eigenvalue weighted by Gasteiger charge is 2.22. The fraction of sp³-hybridized carbons (Fsp3) is 1.00. The van der Waals surface area contributed by atoms with Crippen molar-refractivity contribution in [3.8, 4) is 0 Å². The van der Waals surface area contributed by atoms with E-state index in [1.54, 1.807) is 0 Å². The average molecular weight is 196 g/mol. The molecule has 0 aliphatic heterocycles. The molecule has 0 aromatic heterocycles. The maximum absolute atomic E-state index is 3.58. The number of hydrogen-bond acceptors (Lipinski definition) is 2. The maximum Gasteiger partial charge on any atom is 0.00793 e. The third-order valence-corrected chi connectivity index (χ3v) is 3.76. The average Bonchev–Trinajstić information content (AvgIpc) is 2.91. The van der Waals surface area contributed by atoms with Crippen LogP contribution in [0.5, 0.6) is 0 Å². The van der Waals surface area contributed by atoms with Gasteiger partial charge in [0.1, 0.15) is 0 Å². The van der Waals surface area contributed by atoms with E-state index in [1.165, 1.54) is 38.6 Å². The minimum Gasteiger partial charge on any atom is -0.315 e. The summed E-state index contributed by atoms with van der Waals surface area (Å²) in [6.07, 6.45) is 7.16. The minimum absolute atomic E-state index is 0.863. The molecule has 2 heteroatoms. The monoisotopic (exact) mass is 196 g/mol. The van der Waals surface area contributed by atoms with E-state index in [0.717, 1.165) is 31.0 Å². The van der Waals surface area contributed by atoms with Gasteiger partial charge in [-0.05, 0) is 37.6 Å². The Morgan fingerprint density at radius 3 is 2.57 bits per heavy atom. The van der Waals surface area contributed by atoms with Crippen LogP contribution in [-0.4, -0.2) is 25.7 Å². The first-order chi connectivity index (χ1) is 6.86. The normalized spacial score (nSPS) is 32.4. The van der Waals surface area contributed by atoms with Crippen LogP contribution in [0.25, 0.3) is 0 Å². The van der Waals surface area contributed by atoms with Crippen molar-refractivity contribution in [2.75, 3.05) is 19.6 Å². The molecule has 0 aromatic rings. The van der Waals surface area contributed by atoms with Gasteiger partial charge < -0.3 is 10.6 Å². The van der Waals surface area contributed by atoms with Crippen LogP contribution in [0.3, 0.4) is 0 Å². The highest BCUT2D eigenvalue weighted by atomic mass is 15.0. The molecule has 14 heavy (non-hydrogen) atoms. The zero-order valence-corrected chi connectivity index (χ0v) is 9.39. The zero-order valence-electron chi connectivity index (χ0n) is 9.39. The molecular weight excluding hydrogens is 172 g/mol. The highest BCUT2D eigenvalue weighted by Crippen LogP contribution is 2.30. The first kappa shape index (κ1) is 10.4. The van der Waals surface area contributed by atoms with Crippen molar-refractivity contribution >= 4 is 0 Å². The third kappa shape index (κ3) is 3.25. The third-order valence-electron chi connectivity index (χ3n) is 3.76. The molecule has 2 saturated carbocycles. The van der Waals surface area contributed by atoms with Gasteiger partial charge in [-0.25, -0.2) is 0 Å². The van der Waals surface area contributed by atoms with Crippen LogP contribution < -0.4 is 10.6 Å². The van der Waals surface area contributed by atoms with Gasteiger partial charge in [0.15, 0.2) is 0 Å². The lowest BCUT2D eigenvalue weighted by molar-refractivity contribution is 0.392. The second-order valence-corrected chi connectivity index (χ2v) is 5.10. The van der Waals surface area contributed by atoms with Gasteiger partial charge in [0, 0.05) is 19.1 Å². The van der Waals surface area contributed by atoms with Crippen LogP contribution in [0, 0.1) is 11.8 Å². The van der Waals surface area contributed by atoms with Gasteiger partial charge in [-0.3, -0.25) is 0 Å². The Bertz CT molecular complexity index is 166. The molecule has 2 nitrogen and oxygen atoms in total. The van der Waals surface area contributed by atoms with Crippen LogP contribution in [-0.2, 0) is 0 Å². The molecule has 2 atom stereocenters. The molecule has 2 aliphatic carbocycles. The Morgan fingerprint density at radius 2 is 1.93 bits per heavy atom. The Hall–Kier alpha value is -0.0800. The molecule has 0 spiro atoms. The summed E-state index contributed by atoms with van der Waals surface area (Å²) in [4.78, 5) is 0. The first-order valence-corrected chi connectivity index (χ1v) is 6.30. The molecule has 2 unspecified atom stereocenters.